The second-order valence-corrected chi connectivity index (χ2v) is 8.70. The lowest BCUT2D eigenvalue weighted by atomic mass is 10.0. The predicted octanol–water partition coefficient (Wildman–Crippen LogP) is 3.34. The van der Waals surface area contributed by atoms with Gasteiger partial charge in [0, 0.05) is 46.0 Å². The quantitative estimate of drug-likeness (QED) is 0.304. The van der Waals surface area contributed by atoms with E-state index in [1.165, 1.54) is 16.3 Å². The van der Waals surface area contributed by atoms with Crippen molar-refractivity contribution in [2.45, 2.75) is 31.1 Å². The summed E-state index contributed by atoms with van der Waals surface area (Å²) >= 11 is 7.99. The number of rotatable bonds is 7. The number of benzene rings is 1. The van der Waals surface area contributed by atoms with E-state index in [2.05, 4.69) is 19.9 Å². The van der Waals surface area contributed by atoms with Gasteiger partial charge in [-0.3, -0.25) is 14.3 Å². The van der Waals surface area contributed by atoms with Crippen molar-refractivity contribution in [2.75, 3.05) is 12.9 Å². The minimum Gasteiger partial charge on any atom is -0.394 e. The number of pyridine rings is 1. The highest BCUT2D eigenvalue weighted by atomic mass is 35.5. The second kappa shape index (κ2) is 9.96. The SMILES string of the molecule is CSc1ncc2cc(-c3ccc(-c4cncc(C)n4)cc3Cl)c(=O)n(CCC(O)CO)c2n1. The van der Waals surface area contributed by atoms with Gasteiger partial charge in [-0.25, -0.2) is 15.0 Å². The van der Waals surface area contributed by atoms with Gasteiger partial charge in [0.1, 0.15) is 5.65 Å². The summed E-state index contributed by atoms with van der Waals surface area (Å²) in [5.41, 5.74) is 3.42. The average Bonchev–Trinajstić information content (AvgIpc) is 2.82. The molecular formula is C23H22ClN5O3S. The Bertz CT molecular complexity index is 1380. The first-order chi connectivity index (χ1) is 15.9. The molecule has 0 bridgehead atoms. The molecule has 1 unspecified atom stereocenters. The number of hydrogen-bond donors (Lipinski definition) is 2. The third-order valence-electron chi connectivity index (χ3n) is 5.19. The van der Waals surface area contributed by atoms with Gasteiger partial charge in [-0.1, -0.05) is 35.5 Å². The molecule has 0 fully saturated rings. The van der Waals surface area contributed by atoms with E-state index in [0.717, 1.165) is 11.3 Å². The van der Waals surface area contributed by atoms with E-state index in [1.54, 1.807) is 36.8 Å². The Morgan fingerprint density at radius 1 is 1.15 bits per heavy atom. The van der Waals surface area contributed by atoms with Crippen molar-refractivity contribution in [3.05, 3.63) is 63.9 Å². The zero-order chi connectivity index (χ0) is 23.5. The van der Waals surface area contributed by atoms with Crippen LogP contribution in [0.5, 0.6) is 0 Å². The molecule has 3 aromatic heterocycles. The number of nitrogens with zero attached hydrogens (tertiary/aromatic N) is 5. The molecule has 0 aliphatic rings. The number of fused-ring (bicyclic) bond motifs is 1. The fourth-order valence-corrected chi connectivity index (χ4v) is 4.13. The minimum atomic E-state index is -0.934. The summed E-state index contributed by atoms with van der Waals surface area (Å²) in [5, 5.41) is 20.6. The predicted molar refractivity (Wildman–Crippen MR) is 129 cm³/mol. The second-order valence-electron chi connectivity index (χ2n) is 7.52. The van der Waals surface area contributed by atoms with E-state index in [1.807, 2.05) is 19.2 Å². The molecule has 0 radical (unpaired) electrons. The number of aliphatic hydroxyl groups excluding tert-OH is 2. The monoisotopic (exact) mass is 483 g/mol. The highest BCUT2D eigenvalue weighted by molar-refractivity contribution is 7.98. The average molecular weight is 484 g/mol. The zero-order valence-electron chi connectivity index (χ0n) is 18.1. The number of hydrogen-bond acceptors (Lipinski definition) is 8. The molecule has 0 spiro atoms. The van der Waals surface area contributed by atoms with Crippen molar-refractivity contribution in [3.8, 4) is 22.4 Å². The maximum Gasteiger partial charge on any atom is 0.260 e. The van der Waals surface area contributed by atoms with E-state index in [4.69, 9.17) is 11.6 Å². The first kappa shape index (κ1) is 23.3. The zero-order valence-corrected chi connectivity index (χ0v) is 19.6. The third kappa shape index (κ3) is 4.91. The Morgan fingerprint density at radius 2 is 1.97 bits per heavy atom. The lowest BCUT2D eigenvalue weighted by Crippen LogP contribution is -2.26. The summed E-state index contributed by atoms with van der Waals surface area (Å²) in [6, 6.07) is 7.13. The Morgan fingerprint density at radius 3 is 2.67 bits per heavy atom. The van der Waals surface area contributed by atoms with Crippen molar-refractivity contribution in [3.63, 3.8) is 0 Å². The standard InChI is InChI=1S/C23H22ClN5O3S/c1-13-9-25-11-20(27-13)14-3-4-17(19(24)8-14)18-7-15-10-26-23(33-2)28-21(15)29(22(18)32)6-5-16(31)12-30/h3-4,7-11,16,30-31H,5-6,12H2,1-2H3. The van der Waals surface area contributed by atoms with Crippen LogP contribution in [0.15, 0.2) is 52.8 Å². The minimum absolute atomic E-state index is 0.185. The summed E-state index contributed by atoms with van der Waals surface area (Å²) in [4.78, 5) is 31.0. The van der Waals surface area contributed by atoms with Gasteiger partial charge in [0.2, 0.25) is 0 Å². The largest absolute Gasteiger partial charge is 0.394 e. The van der Waals surface area contributed by atoms with E-state index >= 15 is 0 Å². The Hall–Kier alpha value is -2.85. The molecule has 33 heavy (non-hydrogen) atoms. The van der Waals surface area contributed by atoms with Gasteiger partial charge in [-0.05, 0) is 31.7 Å². The summed E-state index contributed by atoms with van der Waals surface area (Å²) in [5.74, 6) is 0. The van der Waals surface area contributed by atoms with Crippen LogP contribution in [-0.2, 0) is 6.54 Å². The van der Waals surface area contributed by atoms with Crippen LogP contribution in [0.1, 0.15) is 12.1 Å². The van der Waals surface area contributed by atoms with Gasteiger partial charge in [-0.2, -0.15) is 0 Å². The lowest BCUT2D eigenvalue weighted by molar-refractivity contribution is 0.0847. The number of halogens is 1. The van der Waals surface area contributed by atoms with Crippen LogP contribution in [0.3, 0.4) is 0 Å². The van der Waals surface area contributed by atoms with Crippen LogP contribution >= 0.6 is 23.4 Å². The van der Waals surface area contributed by atoms with Crippen LogP contribution in [0, 0.1) is 6.92 Å². The van der Waals surface area contributed by atoms with E-state index in [0.29, 0.717) is 38.0 Å². The molecule has 1 aromatic carbocycles. The number of aliphatic hydroxyl groups is 2. The van der Waals surface area contributed by atoms with Gasteiger partial charge in [-0.15, -0.1) is 0 Å². The Balaban J connectivity index is 1.85. The summed E-state index contributed by atoms with van der Waals surface area (Å²) < 4.78 is 1.50. The highest BCUT2D eigenvalue weighted by Gasteiger charge is 2.17. The van der Waals surface area contributed by atoms with Gasteiger partial charge in [0.25, 0.3) is 5.56 Å². The Labute approximate surface area is 199 Å². The topological polar surface area (TPSA) is 114 Å². The third-order valence-corrected chi connectivity index (χ3v) is 6.07. The van der Waals surface area contributed by atoms with Crippen LogP contribution in [0.4, 0.5) is 0 Å². The fourth-order valence-electron chi connectivity index (χ4n) is 3.51. The van der Waals surface area contributed by atoms with Crippen molar-refractivity contribution in [1.29, 1.82) is 0 Å². The van der Waals surface area contributed by atoms with Crippen molar-refractivity contribution >= 4 is 34.4 Å². The molecule has 0 amide bonds. The van der Waals surface area contributed by atoms with Crippen molar-refractivity contribution in [1.82, 2.24) is 24.5 Å². The first-order valence-corrected chi connectivity index (χ1v) is 11.8. The molecular weight excluding hydrogens is 462 g/mol. The molecule has 8 nitrogen and oxygen atoms in total. The molecule has 2 N–H and O–H groups in total. The molecule has 4 aromatic rings. The summed E-state index contributed by atoms with van der Waals surface area (Å²) in [6.07, 6.45) is 6.13. The van der Waals surface area contributed by atoms with E-state index < -0.39 is 6.10 Å². The normalized spacial score (nSPS) is 12.3. The maximum absolute atomic E-state index is 13.5. The Kier molecular flexibility index (Phi) is 7.04. The molecule has 0 saturated heterocycles. The van der Waals surface area contributed by atoms with Gasteiger partial charge in [0.15, 0.2) is 5.16 Å². The van der Waals surface area contributed by atoms with Crippen molar-refractivity contribution in [2.24, 2.45) is 0 Å². The summed E-state index contributed by atoms with van der Waals surface area (Å²) in [6.45, 7) is 1.67. The van der Waals surface area contributed by atoms with E-state index in [-0.39, 0.29) is 25.1 Å². The molecule has 4 rings (SSSR count). The molecule has 0 aliphatic carbocycles. The molecule has 170 valence electrons. The van der Waals surface area contributed by atoms with Gasteiger partial charge < -0.3 is 10.2 Å². The molecule has 1 atom stereocenters. The van der Waals surface area contributed by atoms with Crippen molar-refractivity contribution < 1.29 is 10.2 Å². The number of aromatic nitrogens is 5. The fraction of sp³-hybridized carbons (Fsp3) is 0.261. The van der Waals surface area contributed by atoms with Crippen LogP contribution < -0.4 is 5.56 Å². The first-order valence-electron chi connectivity index (χ1n) is 10.2. The lowest BCUT2D eigenvalue weighted by Gasteiger charge is -2.15. The van der Waals surface area contributed by atoms with Crippen LogP contribution in [-0.4, -0.2) is 53.7 Å². The molecule has 0 aliphatic heterocycles. The highest BCUT2D eigenvalue weighted by Crippen LogP contribution is 2.31. The van der Waals surface area contributed by atoms with Crippen LogP contribution in [0.25, 0.3) is 33.4 Å². The van der Waals surface area contributed by atoms with Crippen LogP contribution in [0.2, 0.25) is 5.02 Å². The number of aryl methyl sites for hydroxylation is 2. The van der Waals surface area contributed by atoms with E-state index in [9.17, 15) is 15.0 Å². The maximum atomic E-state index is 13.5. The number of thioether (sulfide) groups is 1. The molecule has 0 saturated carbocycles. The smallest absolute Gasteiger partial charge is 0.260 e. The van der Waals surface area contributed by atoms with Gasteiger partial charge >= 0.3 is 0 Å². The van der Waals surface area contributed by atoms with Gasteiger partial charge in [0.05, 0.1) is 30.3 Å². The molecule has 10 heteroatoms. The molecule has 3 heterocycles. The summed E-state index contributed by atoms with van der Waals surface area (Å²) in [7, 11) is 0.